The molecule has 1 saturated carbocycles. The van der Waals surface area contributed by atoms with E-state index in [1.165, 1.54) is 18.7 Å². The van der Waals surface area contributed by atoms with E-state index in [9.17, 15) is 38.8 Å². The molecule has 3 unspecified atom stereocenters. The summed E-state index contributed by atoms with van der Waals surface area (Å²) in [6.07, 6.45) is 10.9. The Hall–Kier alpha value is -3.18. The van der Waals surface area contributed by atoms with Crippen molar-refractivity contribution in [2.24, 2.45) is 35.5 Å². The number of carbonyl (C=O) groups is 5. The summed E-state index contributed by atoms with van der Waals surface area (Å²) in [5.41, 5.74) is 1.17. The number of rotatable bonds is 10. The molecule has 3 fully saturated rings. The number of amides is 1. The van der Waals surface area contributed by atoms with Gasteiger partial charge in [0.05, 0.1) is 37.1 Å². The lowest BCUT2D eigenvalue weighted by molar-refractivity contribution is -0.265. The standard InChI is InChI=1S/C54H86NO15P/c1-13-67-71(12,63)70-44-25-23-40(30-47(44)65-10)29-36(5)46-32-43(56)35(4)28-38(7)49(58)50(66-11)48(57)37(6)27-33(2)19-15-14-16-20-34(3)45(64-9)31-41-24-22-39(8)54(62,69-41)51(59)52(60)55-26-18-17-21-42(55)53(61)68-46/h14-16,19-20,28,33,36-42,44-47,49-50,58,62H,13,17-18,21-27,29-32H2,1-12H3/t33-,36-,37-,38?,39-,40?,41+,42+,44-,45+,46+,47-,49-,50+,54-,71?/m1/s1. The van der Waals surface area contributed by atoms with Gasteiger partial charge in [0.1, 0.15) is 18.2 Å². The molecule has 402 valence electrons. The maximum atomic E-state index is 14.5. The summed E-state index contributed by atoms with van der Waals surface area (Å²) in [6, 6.07) is -1.17. The Balaban J connectivity index is 1.70. The summed E-state index contributed by atoms with van der Waals surface area (Å²) in [7, 11) is 1.21. The minimum Gasteiger partial charge on any atom is -0.460 e. The van der Waals surface area contributed by atoms with Crippen LogP contribution in [0.15, 0.2) is 47.6 Å². The van der Waals surface area contributed by atoms with E-state index in [1.54, 1.807) is 48.0 Å². The molecule has 4 rings (SSSR count). The maximum Gasteiger partial charge on any atom is 0.329 e. The second-order valence-corrected chi connectivity index (χ2v) is 22.9. The zero-order valence-corrected chi connectivity index (χ0v) is 45.4. The molecule has 2 N–H and O–H groups in total. The van der Waals surface area contributed by atoms with E-state index in [-0.39, 0.29) is 49.4 Å². The zero-order chi connectivity index (χ0) is 52.8. The van der Waals surface area contributed by atoms with E-state index < -0.39 is 103 Å². The van der Waals surface area contributed by atoms with Crippen molar-refractivity contribution in [3.8, 4) is 0 Å². The number of hydrogen-bond donors (Lipinski definition) is 2. The smallest absolute Gasteiger partial charge is 0.329 e. The topological polar surface area (TPSA) is 211 Å². The zero-order valence-electron chi connectivity index (χ0n) is 44.5. The van der Waals surface area contributed by atoms with E-state index in [1.807, 2.05) is 58.1 Å². The summed E-state index contributed by atoms with van der Waals surface area (Å²) in [6.45, 7) is 16.1. The number of hydrogen-bond acceptors (Lipinski definition) is 15. The van der Waals surface area contributed by atoms with Crippen LogP contribution < -0.4 is 0 Å². The van der Waals surface area contributed by atoms with Crippen molar-refractivity contribution in [2.75, 3.05) is 41.1 Å². The number of nitrogens with zero attached hydrogens (tertiary/aromatic N) is 1. The van der Waals surface area contributed by atoms with Crippen LogP contribution in [-0.2, 0) is 61.3 Å². The van der Waals surface area contributed by atoms with Crippen LogP contribution in [0.25, 0.3) is 0 Å². The molecule has 3 heterocycles. The highest BCUT2D eigenvalue weighted by Crippen LogP contribution is 2.48. The Kier molecular flexibility index (Phi) is 23.7. The molecule has 16 atom stereocenters. The summed E-state index contributed by atoms with van der Waals surface area (Å²) < 4.78 is 54.0. The number of aliphatic hydroxyl groups is 2. The summed E-state index contributed by atoms with van der Waals surface area (Å²) in [5.74, 6) is -8.22. The molecule has 71 heavy (non-hydrogen) atoms. The number of ketones is 3. The van der Waals surface area contributed by atoms with Crippen LogP contribution in [0, 0.1) is 35.5 Å². The third-order valence-corrected chi connectivity index (χ3v) is 16.5. The number of allylic oxidation sites excluding steroid dienone is 6. The number of methoxy groups -OCH3 is 3. The second-order valence-electron chi connectivity index (χ2n) is 20.9. The number of fused-ring (bicyclic) bond motifs is 3. The Labute approximate surface area is 423 Å². The van der Waals surface area contributed by atoms with Crippen LogP contribution in [0.2, 0.25) is 0 Å². The Bertz CT molecular complexity index is 1980. The van der Waals surface area contributed by atoms with Gasteiger partial charge in [0.2, 0.25) is 5.79 Å². The molecular formula is C54H86NO15P. The van der Waals surface area contributed by atoms with Crippen molar-refractivity contribution in [1.82, 2.24) is 4.90 Å². The van der Waals surface area contributed by atoms with Gasteiger partial charge in [-0.2, -0.15) is 0 Å². The second kappa shape index (κ2) is 27.9. The van der Waals surface area contributed by atoms with Crippen LogP contribution in [0.4, 0.5) is 0 Å². The van der Waals surface area contributed by atoms with E-state index in [0.717, 1.165) is 5.57 Å². The van der Waals surface area contributed by atoms with E-state index in [4.69, 9.17) is 32.7 Å². The molecule has 0 radical (unpaired) electrons. The normalized spacial score (nSPS) is 36.6. The first-order valence-electron chi connectivity index (χ1n) is 25.9. The highest BCUT2D eigenvalue weighted by Gasteiger charge is 2.53. The van der Waals surface area contributed by atoms with Gasteiger partial charge < -0.3 is 47.8 Å². The molecule has 0 aromatic carbocycles. The Morgan fingerprint density at radius 2 is 1.61 bits per heavy atom. The van der Waals surface area contributed by atoms with Crippen molar-refractivity contribution in [3.63, 3.8) is 0 Å². The molecule has 1 amide bonds. The van der Waals surface area contributed by atoms with Gasteiger partial charge in [0.25, 0.3) is 11.7 Å². The predicted octanol–water partition coefficient (Wildman–Crippen LogP) is 8.06. The van der Waals surface area contributed by atoms with Crippen LogP contribution in [0.5, 0.6) is 0 Å². The molecule has 16 nitrogen and oxygen atoms in total. The number of ether oxygens (including phenoxy) is 5. The van der Waals surface area contributed by atoms with Crippen molar-refractivity contribution in [2.45, 2.75) is 187 Å². The predicted molar refractivity (Wildman–Crippen MR) is 269 cm³/mol. The van der Waals surface area contributed by atoms with E-state index in [2.05, 4.69) is 0 Å². The fraction of sp³-hybridized carbons (Fsp3) is 0.759. The van der Waals surface area contributed by atoms with Crippen LogP contribution in [0.1, 0.15) is 132 Å². The Morgan fingerprint density at radius 1 is 0.887 bits per heavy atom. The van der Waals surface area contributed by atoms with Crippen molar-refractivity contribution in [1.29, 1.82) is 0 Å². The first-order chi connectivity index (χ1) is 33.5. The number of esters is 1. The number of Topliss-reactive ketones (excluding diaryl/α,β-unsaturated/α-hetero) is 3. The lowest BCUT2D eigenvalue weighted by atomic mass is 9.78. The number of cyclic esters (lactones) is 1. The Morgan fingerprint density at radius 3 is 2.27 bits per heavy atom. The van der Waals surface area contributed by atoms with Crippen LogP contribution in [-0.4, -0.2) is 140 Å². The van der Waals surface area contributed by atoms with Gasteiger partial charge in [0.15, 0.2) is 11.6 Å². The first-order valence-corrected chi connectivity index (χ1v) is 27.9. The SMILES string of the molecule is CCOP(C)(=O)O[C@@H]1CCC(C[C@@H](C)[C@@H]2CC(=O)C(C)=CC(C)[C@@H](O)[C@@H](OC)C(=O)[C@H](C)C[C@H](C)C=CC=CC=C(C)[C@@H](OC)C[C@@H]3CC[C@@H](C)[C@@](O)(O3)C(=O)C(=O)N3CCCC[C@H]3C(=O)O2)C[C@H]1OC. The fourth-order valence-corrected chi connectivity index (χ4v) is 12.0. The molecule has 4 aliphatic rings. The fourth-order valence-electron chi connectivity index (χ4n) is 10.8. The summed E-state index contributed by atoms with van der Waals surface area (Å²) in [4.78, 5) is 72.3. The van der Waals surface area contributed by atoms with Gasteiger partial charge in [-0.3, -0.25) is 23.7 Å². The molecule has 0 spiro atoms. The van der Waals surface area contributed by atoms with Crippen molar-refractivity contribution in [3.05, 3.63) is 47.6 Å². The third kappa shape index (κ3) is 16.7. The number of piperidine rings is 1. The van der Waals surface area contributed by atoms with E-state index >= 15 is 0 Å². The largest absolute Gasteiger partial charge is 0.460 e. The van der Waals surface area contributed by atoms with E-state index in [0.29, 0.717) is 69.8 Å². The highest BCUT2D eigenvalue weighted by atomic mass is 31.2. The van der Waals surface area contributed by atoms with Gasteiger partial charge in [0, 0.05) is 65.1 Å². The van der Waals surface area contributed by atoms with Crippen LogP contribution in [0.3, 0.4) is 0 Å². The molecule has 2 bridgehead atoms. The monoisotopic (exact) mass is 1020 g/mol. The molecule has 17 heteroatoms. The molecular weight excluding hydrogens is 934 g/mol. The molecule has 3 aliphatic heterocycles. The quantitative estimate of drug-likeness (QED) is 0.120. The molecule has 2 saturated heterocycles. The summed E-state index contributed by atoms with van der Waals surface area (Å²) >= 11 is 0. The van der Waals surface area contributed by atoms with Crippen molar-refractivity contribution >= 4 is 36.8 Å². The van der Waals surface area contributed by atoms with Gasteiger partial charge in [-0.05, 0) is 114 Å². The van der Waals surface area contributed by atoms with Crippen LogP contribution >= 0.6 is 7.60 Å². The van der Waals surface area contributed by atoms with Crippen molar-refractivity contribution < 1.29 is 71.5 Å². The highest BCUT2D eigenvalue weighted by molar-refractivity contribution is 7.53. The first kappa shape index (κ1) is 60.4. The minimum atomic E-state index is -3.32. The number of carbonyl (C=O) groups excluding carboxylic acids is 5. The minimum absolute atomic E-state index is 0.00936. The lowest BCUT2D eigenvalue weighted by Crippen LogP contribution is -2.61. The average Bonchev–Trinajstić information content (AvgIpc) is 3.33. The molecule has 0 aromatic heterocycles. The summed E-state index contributed by atoms with van der Waals surface area (Å²) in [5, 5.41) is 23.5. The maximum absolute atomic E-state index is 14.5. The van der Waals surface area contributed by atoms with Gasteiger partial charge in [-0.1, -0.05) is 71.1 Å². The third-order valence-electron chi connectivity index (χ3n) is 15.2. The molecule has 0 aromatic rings. The average molecular weight is 1020 g/mol. The lowest BCUT2D eigenvalue weighted by Gasteiger charge is -2.42. The van der Waals surface area contributed by atoms with Gasteiger partial charge in [-0.15, -0.1) is 0 Å². The molecule has 1 aliphatic carbocycles. The van der Waals surface area contributed by atoms with Gasteiger partial charge in [-0.25, -0.2) is 4.79 Å². The van der Waals surface area contributed by atoms with Gasteiger partial charge >= 0.3 is 13.6 Å². The number of aliphatic hydroxyl groups excluding tert-OH is 1.